The Morgan fingerprint density at radius 2 is 2.00 bits per heavy atom. The highest BCUT2D eigenvalue weighted by atomic mass is 16.1. The lowest BCUT2D eigenvalue weighted by atomic mass is 9.93. The van der Waals surface area contributed by atoms with Crippen LogP contribution in [0.4, 0.5) is 0 Å². The molecule has 0 aliphatic rings. The number of rotatable bonds is 4. The highest BCUT2D eigenvalue weighted by molar-refractivity contribution is 5.98. The molecule has 0 fully saturated rings. The SMILES string of the molecule is CCCC(C)C(=O)c1ccccc1C. The molecule has 0 spiro atoms. The molecule has 1 atom stereocenters. The molecule has 0 aromatic heterocycles. The topological polar surface area (TPSA) is 17.1 Å². The van der Waals surface area contributed by atoms with E-state index in [9.17, 15) is 4.79 Å². The maximum atomic E-state index is 12.0. The summed E-state index contributed by atoms with van der Waals surface area (Å²) < 4.78 is 0. The van der Waals surface area contributed by atoms with E-state index in [-0.39, 0.29) is 11.7 Å². The minimum Gasteiger partial charge on any atom is -0.294 e. The Labute approximate surface area is 86.1 Å². The van der Waals surface area contributed by atoms with E-state index in [2.05, 4.69) is 6.92 Å². The molecule has 0 bridgehead atoms. The van der Waals surface area contributed by atoms with E-state index in [0.29, 0.717) is 0 Å². The molecule has 1 aromatic rings. The van der Waals surface area contributed by atoms with E-state index in [4.69, 9.17) is 0 Å². The van der Waals surface area contributed by atoms with Gasteiger partial charge in [0, 0.05) is 11.5 Å². The summed E-state index contributed by atoms with van der Waals surface area (Å²) in [5.74, 6) is 0.436. The van der Waals surface area contributed by atoms with Crippen LogP contribution in [0.5, 0.6) is 0 Å². The zero-order chi connectivity index (χ0) is 10.6. The Balaban J connectivity index is 2.84. The highest BCUT2D eigenvalue weighted by Gasteiger charge is 2.15. The van der Waals surface area contributed by atoms with Crippen LogP contribution in [0.25, 0.3) is 0 Å². The third kappa shape index (κ3) is 2.44. The maximum absolute atomic E-state index is 12.0. The Morgan fingerprint density at radius 1 is 1.36 bits per heavy atom. The van der Waals surface area contributed by atoms with Crippen molar-refractivity contribution in [3.63, 3.8) is 0 Å². The van der Waals surface area contributed by atoms with Crippen LogP contribution in [0.15, 0.2) is 24.3 Å². The Morgan fingerprint density at radius 3 is 2.57 bits per heavy atom. The van der Waals surface area contributed by atoms with Crippen molar-refractivity contribution in [1.82, 2.24) is 0 Å². The molecule has 76 valence electrons. The molecule has 0 N–H and O–H groups in total. The lowest BCUT2D eigenvalue weighted by molar-refractivity contribution is 0.0923. The van der Waals surface area contributed by atoms with Crippen LogP contribution in [0.3, 0.4) is 0 Å². The fourth-order valence-corrected chi connectivity index (χ4v) is 1.68. The molecule has 1 rings (SSSR count). The molecule has 14 heavy (non-hydrogen) atoms. The van der Waals surface area contributed by atoms with E-state index in [1.807, 2.05) is 38.1 Å². The van der Waals surface area contributed by atoms with E-state index in [0.717, 1.165) is 24.0 Å². The van der Waals surface area contributed by atoms with Gasteiger partial charge in [0.25, 0.3) is 0 Å². The Hall–Kier alpha value is -1.11. The number of carbonyl (C=O) groups is 1. The second-order valence-corrected chi connectivity index (χ2v) is 3.87. The highest BCUT2D eigenvalue weighted by Crippen LogP contribution is 2.16. The number of hydrogen-bond donors (Lipinski definition) is 0. The second-order valence-electron chi connectivity index (χ2n) is 3.87. The zero-order valence-corrected chi connectivity index (χ0v) is 9.21. The first-order chi connectivity index (χ1) is 6.66. The van der Waals surface area contributed by atoms with Gasteiger partial charge in [0.1, 0.15) is 0 Å². The van der Waals surface area contributed by atoms with Gasteiger partial charge in [-0.3, -0.25) is 4.79 Å². The van der Waals surface area contributed by atoms with E-state index >= 15 is 0 Å². The second kappa shape index (κ2) is 4.94. The van der Waals surface area contributed by atoms with E-state index < -0.39 is 0 Å². The predicted octanol–water partition coefficient (Wildman–Crippen LogP) is 3.61. The van der Waals surface area contributed by atoms with Gasteiger partial charge < -0.3 is 0 Å². The van der Waals surface area contributed by atoms with Crippen molar-refractivity contribution in [3.05, 3.63) is 35.4 Å². The average Bonchev–Trinajstić information content (AvgIpc) is 2.18. The van der Waals surface area contributed by atoms with Crippen LogP contribution < -0.4 is 0 Å². The molecule has 0 saturated carbocycles. The Kier molecular flexibility index (Phi) is 3.87. The van der Waals surface area contributed by atoms with E-state index in [1.54, 1.807) is 0 Å². The van der Waals surface area contributed by atoms with Gasteiger partial charge in [-0.1, -0.05) is 44.5 Å². The zero-order valence-electron chi connectivity index (χ0n) is 9.21. The molecule has 0 amide bonds. The molecular formula is C13H18O. The van der Waals surface area contributed by atoms with Crippen molar-refractivity contribution in [1.29, 1.82) is 0 Å². The third-order valence-corrected chi connectivity index (χ3v) is 2.58. The monoisotopic (exact) mass is 190 g/mol. The number of aryl methyl sites for hydroxylation is 1. The van der Waals surface area contributed by atoms with Crippen LogP contribution in [-0.2, 0) is 0 Å². The van der Waals surface area contributed by atoms with Crippen molar-refractivity contribution in [2.45, 2.75) is 33.6 Å². The first-order valence-corrected chi connectivity index (χ1v) is 5.26. The summed E-state index contributed by atoms with van der Waals surface area (Å²) in [6.07, 6.45) is 2.05. The average molecular weight is 190 g/mol. The van der Waals surface area contributed by atoms with Gasteiger partial charge in [0.2, 0.25) is 0 Å². The minimum atomic E-state index is 0.154. The normalized spacial score (nSPS) is 12.5. The van der Waals surface area contributed by atoms with Crippen LogP contribution >= 0.6 is 0 Å². The largest absolute Gasteiger partial charge is 0.294 e. The van der Waals surface area contributed by atoms with Gasteiger partial charge in [-0.05, 0) is 18.9 Å². The summed E-state index contributed by atoms with van der Waals surface area (Å²) in [5, 5.41) is 0. The summed E-state index contributed by atoms with van der Waals surface area (Å²) in [7, 11) is 0. The summed E-state index contributed by atoms with van der Waals surface area (Å²) >= 11 is 0. The summed E-state index contributed by atoms with van der Waals surface area (Å²) in [5.41, 5.74) is 1.97. The summed E-state index contributed by atoms with van der Waals surface area (Å²) in [6, 6.07) is 7.81. The number of carbonyl (C=O) groups excluding carboxylic acids is 1. The predicted molar refractivity (Wildman–Crippen MR) is 59.6 cm³/mol. The molecule has 1 heteroatoms. The molecule has 1 unspecified atom stereocenters. The first kappa shape index (κ1) is 11.0. The van der Waals surface area contributed by atoms with Gasteiger partial charge in [-0.15, -0.1) is 0 Å². The van der Waals surface area contributed by atoms with E-state index in [1.165, 1.54) is 0 Å². The maximum Gasteiger partial charge on any atom is 0.165 e. The van der Waals surface area contributed by atoms with Crippen LogP contribution in [-0.4, -0.2) is 5.78 Å². The van der Waals surface area contributed by atoms with Gasteiger partial charge in [-0.25, -0.2) is 0 Å². The summed E-state index contributed by atoms with van der Waals surface area (Å²) in [6.45, 7) is 6.12. The molecule has 0 radical (unpaired) electrons. The number of benzene rings is 1. The van der Waals surface area contributed by atoms with Crippen molar-refractivity contribution < 1.29 is 4.79 Å². The van der Waals surface area contributed by atoms with Crippen LogP contribution in [0, 0.1) is 12.8 Å². The number of ketones is 1. The van der Waals surface area contributed by atoms with Gasteiger partial charge in [-0.2, -0.15) is 0 Å². The Bertz CT molecular complexity index is 315. The standard InChI is InChI=1S/C13H18O/c1-4-7-11(3)13(14)12-9-6-5-8-10(12)2/h5-6,8-9,11H,4,7H2,1-3H3. The molecule has 0 aliphatic carbocycles. The molecule has 1 aromatic carbocycles. The van der Waals surface area contributed by atoms with Crippen molar-refractivity contribution in [2.75, 3.05) is 0 Å². The molecule has 0 aliphatic heterocycles. The number of hydrogen-bond acceptors (Lipinski definition) is 1. The molecule has 0 heterocycles. The number of Topliss-reactive ketones (excluding diaryl/α,β-unsaturated/α-hetero) is 1. The first-order valence-electron chi connectivity index (χ1n) is 5.26. The smallest absolute Gasteiger partial charge is 0.165 e. The third-order valence-electron chi connectivity index (χ3n) is 2.58. The van der Waals surface area contributed by atoms with Gasteiger partial charge in [0.15, 0.2) is 5.78 Å². The molecular weight excluding hydrogens is 172 g/mol. The summed E-state index contributed by atoms with van der Waals surface area (Å²) in [4.78, 5) is 12.0. The van der Waals surface area contributed by atoms with Crippen LogP contribution in [0.2, 0.25) is 0 Å². The molecule has 1 nitrogen and oxygen atoms in total. The van der Waals surface area contributed by atoms with Gasteiger partial charge in [0.05, 0.1) is 0 Å². The van der Waals surface area contributed by atoms with Crippen molar-refractivity contribution >= 4 is 5.78 Å². The molecule has 0 saturated heterocycles. The van der Waals surface area contributed by atoms with Crippen molar-refractivity contribution in [2.24, 2.45) is 5.92 Å². The lowest BCUT2D eigenvalue weighted by Gasteiger charge is -2.10. The van der Waals surface area contributed by atoms with Gasteiger partial charge >= 0.3 is 0 Å². The minimum absolute atomic E-state index is 0.154. The van der Waals surface area contributed by atoms with Crippen molar-refractivity contribution in [3.8, 4) is 0 Å². The van der Waals surface area contributed by atoms with Crippen LogP contribution in [0.1, 0.15) is 42.6 Å². The lowest BCUT2D eigenvalue weighted by Crippen LogP contribution is -2.12. The quantitative estimate of drug-likeness (QED) is 0.663. The fourth-order valence-electron chi connectivity index (χ4n) is 1.68. The fraction of sp³-hybridized carbons (Fsp3) is 0.462.